The van der Waals surface area contributed by atoms with Gasteiger partial charge in [0.2, 0.25) is 0 Å². The van der Waals surface area contributed by atoms with Crippen LogP contribution in [0.25, 0.3) is 5.69 Å². The fraction of sp³-hybridized carbons (Fsp3) is 0.0625. The van der Waals surface area contributed by atoms with E-state index in [1.807, 2.05) is 65.5 Å². The third-order valence-corrected chi connectivity index (χ3v) is 2.98. The summed E-state index contributed by atoms with van der Waals surface area (Å²) >= 11 is 0. The van der Waals surface area contributed by atoms with Crippen LogP contribution in [0.15, 0.2) is 67.0 Å². The second-order valence-electron chi connectivity index (χ2n) is 4.36. The number of anilines is 2. The Balaban J connectivity index is 1.79. The largest absolute Gasteiger partial charge is 0.497 e. The Kier molecular flexibility index (Phi) is 3.37. The maximum absolute atomic E-state index is 5.15. The van der Waals surface area contributed by atoms with Gasteiger partial charge in [-0.25, -0.2) is 4.68 Å². The van der Waals surface area contributed by atoms with E-state index < -0.39 is 0 Å². The van der Waals surface area contributed by atoms with Gasteiger partial charge in [-0.3, -0.25) is 0 Å². The molecule has 0 saturated carbocycles. The molecule has 0 atom stereocenters. The van der Waals surface area contributed by atoms with Gasteiger partial charge in [0.15, 0.2) is 0 Å². The lowest BCUT2D eigenvalue weighted by atomic mass is 10.3. The van der Waals surface area contributed by atoms with E-state index in [0.29, 0.717) is 0 Å². The lowest BCUT2D eigenvalue weighted by molar-refractivity contribution is 0.414. The molecule has 20 heavy (non-hydrogen) atoms. The van der Waals surface area contributed by atoms with Gasteiger partial charge in [0.1, 0.15) is 5.75 Å². The summed E-state index contributed by atoms with van der Waals surface area (Å²) in [6.45, 7) is 0. The first-order valence-corrected chi connectivity index (χ1v) is 6.36. The molecular weight excluding hydrogens is 250 g/mol. The molecule has 0 unspecified atom stereocenters. The van der Waals surface area contributed by atoms with Crippen LogP contribution in [-0.2, 0) is 0 Å². The zero-order valence-corrected chi connectivity index (χ0v) is 11.2. The SMILES string of the molecule is COc1ccc(-n2cc(Nc3ccccc3)cn2)cc1. The highest BCUT2D eigenvalue weighted by Crippen LogP contribution is 2.18. The molecule has 2 aromatic carbocycles. The molecule has 0 aliphatic carbocycles. The topological polar surface area (TPSA) is 39.1 Å². The summed E-state index contributed by atoms with van der Waals surface area (Å²) in [5.74, 6) is 0.837. The van der Waals surface area contributed by atoms with Gasteiger partial charge in [0.05, 0.1) is 30.9 Å². The Labute approximate surface area is 117 Å². The molecule has 4 heteroatoms. The first-order chi connectivity index (χ1) is 9.85. The van der Waals surface area contributed by atoms with Crippen LogP contribution in [0, 0.1) is 0 Å². The van der Waals surface area contributed by atoms with Gasteiger partial charge in [-0.1, -0.05) is 18.2 Å². The average Bonchev–Trinajstić information content (AvgIpc) is 2.97. The van der Waals surface area contributed by atoms with Crippen LogP contribution in [-0.4, -0.2) is 16.9 Å². The normalized spacial score (nSPS) is 10.2. The molecule has 3 aromatic rings. The predicted octanol–water partition coefficient (Wildman–Crippen LogP) is 3.62. The molecule has 0 bridgehead atoms. The number of benzene rings is 2. The smallest absolute Gasteiger partial charge is 0.119 e. The van der Waals surface area contributed by atoms with Gasteiger partial charge in [-0.05, 0) is 36.4 Å². The molecule has 0 aliphatic heterocycles. The Bertz CT molecular complexity index is 674. The number of ether oxygens (including phenoxy) is 1. The summed E-state index contributed by atoms with van der Waals surface area (Å²) in [5, 5.41) is 7.66. The van der Waals surface area contributed by atoms with E-state index >= 15 is 0 Å². The molecule has 0 radical (unpaired) electrons. The van der Waals surface area contributed by atoms with E-state index in [0.717, 1.165) is 22.8 Å². The number of methoxy groups -OCH3 is 1. The number of hydrogen-bond acceptors (Lipinski definition) is 3. The van der Waals surface area contributed by atoms with Gasteiger partial charge in [0.25, 0.3) is 0 Å². The Morgan fingerprint density at radius 2 is 1.70 bits per heavy atom. The van der Waals surface area contributed by atoms with Crippen LogP contribution in [0.3, 0.4) is 0 Å². The molecule has 1 heterocycles. The minimum atomic E-state index is 0.837. The second kappa shape index (κ2) is 5.48. The van der Waals surface area contributed by atoms with Crippen LogP contribution >= 0.6 is 0 Å². The van der Waals surface area contributed by atoms with Crippen LogP contribution in [0.5, 0.6) is 5.75 Å². The van der Waals surface area contributed by atoms with Gasteiger partial charge < -0.3 is 10.1 Å². The summed E-state index contributed by atoms with van der Waals surface area (Å²) in [4.78, 5) is 0. The van der Waals surface area contributed by atoms with Gasteiger partial charge in [-0.2, -0.15) is 5.10 Å². The molecule has 0 aliphatic rings. The lowest BCUT2D eigenvalue weighted by Gasteiger charge is -2.04. The first-order valence-electron chi connectivity index (χ1n) is 6.36. The first kappa shape index (κ1) is 12.3. The summed E-state index contributed by atoms with van der Waals surface area (Å²) < 4.78 is 6.97. The zero-order valence-electron chi connectivity index (χ0n) is 11.2. The Morgan fingerprint density at radius 3 is 2.40 bits per heavy atom. The molecule has 1 N–H and O–H groups in total. The van der Waals surface area contributed by atoms with Crippen molar-refractivity contribution in [3.8, 4) is 11.4 Å². The Morgan fingerprint density at radius 1 is 0.950 bits per heavy atom. The minimum absolute atomic E-state index is 0.837. The summed E-state index contributed by atoms with van der Waals surface area (Å²) in [6, 6.07) is 17.8. The van der Waals surface area contributed by atoms with Crippen molar-refractivity contribution in [2.24, 2.45) is 0 Å². The number of para-hydroxylation sites is 1. The van der Waals surface area contributed by atoms with Gasteiger partial charge in [0, 0.05) is 5.69 Å². The lowest BCUT2D eigenvalue weighted by Crippen LogP contribution is -1.94. The van der Waals surface area contributed by atoms with Crippen molar-refractivity contribution in [2.75, 3.05) is 12.4 Å². The molecule has 100 valence electrons. The highest BCUT2D eigenvalue weighted by Gasteiger charge is 2.01. The summed E-state index contributed by atoms with van der Waals surface area (Å²) in [7, 11) is 1.66. The van der Waals surface area contributed by atoms with Crippen molar-refractivity contribution in [1.29, 1.82) is 0 Å². The van der Waals surface area contributed by atoms with Crippen molar-refractivity contribution >= 4 is 11.4 Å². The maximum Gasteiger partial charge on any atom is 0.119 e. The predicted molar refractivity (Wildman–Crippen MR) is 79.8 cm³/mol. The number of rotatable bonds is 4. The van der Waals surface area contributed by atoms with E-state index in [1.54, 1.807) is 13.3 Å². The van der Waals surface area contributed by atoms with Crippen LogP contribution < -0.4 is 10.1 Å². The molecule has 1 aromatic heterocycles. The third-order valence-electron chi connectivity index (χ3n) is 2.98. The molecule has 0 saturated heterocycles. The van der Waals surface area contributed by atoms with Crippen LogP contribution in [0.1, 0.15) is 0 Å². The van der Waals surface area contributed by atoms with Crippen molar-refractivity contribution in [2.45, 2.75) is 0 Å². The molecule has 0 spiro atoms. The summed E-state index contributed by atoms with van der Waals surface area (Å²) in [5.41, 5.74) is 2.99. The van der Waals surface area contributed by atoms with Crippen molar-refractivity contribution in [3.05, 3.63) is 67.0 Å². The van der Waals surface area contributed by atoms with E-state index in [2.05, 4.69) is 10.4 Å². The van der Waals surface area contributed by atoms with Crippen molar-refractivity contribution in [1.82, 2.24) is 9.78 Å². The zero-order chi connectivity index (χ0) is 13.8. The van der Waals surface area contributed by atoms with Gasteiger partial charge in [-0.15, -0.1) is 0 Å². The average molecular weight is 265 g/mol. The highest BCUT2D eigenvalue weighted by molar-refractivity contribution is 5.58. The highest BCUT2D eigenvalue weighted by atomic mass is 16.5. The standard InChI is InChI=1S/C16H15N3O/c1-20-16-9-7-15(8-10-16)19-12-14(11-17-19)18-13-5-3-2-4-6-13/h2-12,18H,1H3. The van der Waals surface area contributed by atoms with Crippen molar-refractivity contribution < 1.29 is 4.74 Å². The van der Waals surface area contributed by atoms with E-state index in [1.165, 1.54) is 0 Å². The molecule has 3 rings (SSSR count). The maximum atomic E-state index is 5.15. The molecule has 0 amide bonds. The monoisotopic (exact) mass is 265 g/mol. The third kappa shape index (κ3) is 2.64. The van der Waals surface area contributed by atoms with Crippen LogP contribution in [0.4, 0.5) is 11.4 Å². The number of nitrogens with one attached hydrogen (secondary N) is 1. The fourth-order valence-corrected chi connectivity index (χ4v) is 1.95. The molecular formula is C16H15N3O. The minimum Gasteiger partial charge on any atom is -0.497 e. The number of aromatic nitrogens is 2. The van der Waals surface area contributed by atoms with Crippen LogP contribution in [0.2, 0.25) is 0 Å². The second-order valence-corrected chi connectivity index (χ2v) is 4.36. The molecule has 4 nitrogen and oxygen atoms in total. The van der Waals surface area contributed by atoms with E-state index in [4.69, 9.17) is 4.74 Å². The quantitative estimate of drug-likeness (QED) is 0.783. The van der Waals surface area contributed by atoms with E-state index in [9.17, 15) is 0 Å². The number of nitrogens with zero attached hydrogens (tertiary/aromatic N) is 2. The summed E-state index contributed by atoms with van der Waals surface area (Å²) in [6.07, 6.45) is 3.76. The van der Waals surface area contributed by atoms with Crippen molar-refractivity contribution in [3.63, 3.8) is 0 Å². The van der Waals surface area contributed by atoms with Gasteiger partial charge >= 0.3 is 0 Å². The molecule has 0 fully saturated rings. The van der Waals surface area contributed by atoms with E-state index in [-0.39, 0.29) is 0 Å². The Hall–Kier alpha value is -2.75. The fourth-order valence-electron chi connectivity index (χ4n) is 1.95. The number of hydrogen-bond donors (Lipinski definition) is 1.